The summed E-state index contributed by atoms with van der Waals surface area (Å²) in [6, 6.07) is 6.99. The Kier molecular flexibility index (Phi) is 7.96. The molecule has 3 aliphatic rings. The van der Waals surface area contributed by atoms with Crippen LogP contribution in [0, 0.1) is 5.82 Å². The number of carbonyl (C=O) groups is 1. The van der Waals surface area contributed by atoms with Gasteiger partial charge in [0.1, 0.15) is 5.82 Å². The lowest BCUT2D eigenvalue weighted by atomic mass is 9.86. The number of morpholine rings is 1. The van der Waals surface area contributed by atoms with Gasteiger partial charge in [0.2, 0.25) is 5.91 Å². The summed E-state index contributed by atoms with van der Waals surface area (Å²) in [5.41, 5.74) is 1.21. The van der Waals surface area contributed by atoms with E-state index >= 15 is 0 Å². The number of amides is 1. The minimum Gasteiger partial charge on any atom is -0.379 e. The molecule has 2 saturated heterocycles. The maximum Gasteiger partial charge on any atom is 0.222 e. The second kappa shape index (κ2) is 10.9. The summed E-state index contributed by atoms with van der Waals surface area (Å²) < 4.78 is 18.7. The van der Waals surface area contributed by atoms with Gasteiger partial charge in [-0.25, -0.2) is 4.39 Å². The summed E-state index contributed by atoms with van der Waals surface area (Å²) in [6.45, 7) is 6.10. The Balaban J connectivity index is 1.35. The molecule has 1 aromatic carbocycles. The summed E-state index contributed by atoms with van der Waals surface area (Å²) in [7, 11) is 0. The van der Waals surface area contributed by atoms with Crippen LogP contribution in [0.25, 0.3) is 0 Å². The number of hydrogen-bond donors (Lipinski definition) is 1. The molecule has 31 heavy (non-hydrogen) atoms. The van der Waals surface area contributed by atoms with Crippen molar-refractivity contribution in [3.05, 3.63) is 35.6 Å². The van der Waals surface area contributed by atoms with E-state index in [4.69, 9.17) is 4.74 Å². The van der Waals surface area contributed by atoms with Crippen LogP contribution in [0.5, 0.6) is 0 Å². The predicted molar refractivity (Wildman–Crippen MR) is 120 cm³/mol. The molecule has 0 spiro atoms. The number of likely N-dealkylation sites (tertiary alicyclic amines) is 1. The van der Waals surface area contributed by atoms with Crippen molar-refractivity contribution in [2.45, 2.75) is 75.9 Å². The van der Waals surface area contributed by atoms with E-state index in [0.717, 1.165) is 64.3 Å². The van der Waals surface area contributed by atoms with Crippen LogP contribution in [0.4, 0.5) is 4.39 Å². The zero-order chi connectivity index (χ0) is 21.5. The minimum absolute atomic E-state index is 0.125. The van der Waals surface area contributed by atoms with Crippen LogP contribution in [0.15, 0.2) is 24.3 Å². The average molecular weight is 432 g/mol. The molecular weight excluding hydrogens is 393 g/mol. The first-order valence-corrected chi connectivity index (χ1v) is 12.2. The Morgan fingerprint density at radius 1 is 1.06 bits per heavy atom. The van der Waals surface area contributed by atoms with Gasteiger partial charge in [-0.1, -0.05) is 37.8 Å². The van der Waals surface area contributed by atoms with Crippen molar-refractivity contribution in [1.82, 2.24) is 15.1 Å². The highest BCUT2D eigenvalue weighted by Gasteiger charge is 2.43. The van der Waals surface area contributed by atoms with Crippen LogP contribution in [-0.4, -0.2) is 66.7 Å². The standard InChI is InChI=1S/C25H38FN3O2/c26-22-7-5-21(6-8-22)19-27-14-11-23-9-10-24(30)29(23)20-25(12-3-1-2-4-13-25)28-15-17-31-18-16-28/h5-8,23,27H,1-4,9-20H2. The van der Waals surface area contributed by atoms with E-state index in [9.17, 15) is 9.18 Å². The first-order chi connectivity index (χ1) is 15.2. The van der Waals surface area contributed by atoms with Crippen molar-refractivity contribution >= 4 is 5.91 Å². The van der Waals surface area contributed by atoms with Gasteiger partial charge in [0.25, 0.3) is 0 Å². The highest BCUT2D eigenvalue weighted by Crippen LogP contribution is 2.36. The van der Waals surface area contributed by atoms with E-state index in [0.29, 0.717) is 18.4 Å². The van der Waals surface area contributed by atoms with Crippen molar-refractivity contribution < 1.29 is 13.9 Å². The molecule has 5 nitrogen and oxygen atoms in total. The highest BCUT2D eigenvalue weighted by molar-refractivity contribution is 5.78. The molecule has 4 rings (SSSR count). The molecule has 1 saturated carbocycles. The number of nitrogens with one attached hydrogen (secondary N) is 1. The monoisotopic (exact) mass is 431 g/mol. The third-order valence-corrected chi connectivity index (χ3v) is 7.53. The van der Waals surface area contributed by atoms with Gasteiger partial charge in [0.15, 0.2) is 0 Å². The molecule has 1 N–H and O–H groups in total. The fourth-order valence-electron chi connectivity index (χ4n) is 5.73. The maximum absolute atomic E-state index is 13.1. The summed E-state index contributed by atoms with van der Waals surface area (Å²) in [6.07, 6.45) is 10.2. The normalized spacial score (nSPS) is 25.0. The second-order valence-electron chi connectivity index (χ2n) is 9.54. The lowest BCUT2D eigenvalue weighted by molar-refractivity contribution is -0.132. The van der Waals surface area contributed by atoms with Crippen molar-refractivity contribution in [2.75, 3.05) is 39.4 Å². The maximum atomic E-state index is 13.1. The third-order valence-electron chi connectivity index (χ3n) is 7.53. The quantitative estimate of drug-likeness (QED) is 0.503. The first-order valence-electron chi connectivity index (χ1n) is 12.2. The highest BCUT2D eigenvalue weighted by atomic mass is 19.1. The Hall–Kier alpha value is -1.50. The van der Waals surface area contributed by atoms with Gasteiger partial charge >= 0.3 is 0 Å². The first kappa shape index (κ1) is 22.7. The van der Waals surface area contributed by atoms with E-state index < -0.39 is 0 Å². The van der Waals surface area contributed by atoms with E-state index in [1.807, 2.05) is 12.1 Å². The molecular formula is C25H38FN3O2. The second-order valence-corrected chi connectivity index (χ2v) is 9.54. The van der Waals surface area contributed by atoms with Crippen molar-refractivity contribution in [2.24, 2.45) is 0 Å². The minimum atomic E-state index is -0.198. The molecule has 0 radical (unpaired) electrons. The number of benzene rings is 1. The Morgan fingerprint density at radius 2 is 1.77 bits per heavy atom. The summed E-state index contributed by atoms with van der Waals surface area (Å²) in [5, 5.41) is 3.48. The van der Waals surface area contributed by atoms with Gasteiger partial charge in [-0.05, 0) is 49.9 Å². The van der Waals surface area contributed by atoms with Gasteiger partial charge in [-0.2, -0.15) is 0 Å². The Morgan fingerprint density at radius 3 is 2.48 bits per heavy atom. The number of ether oxygens (including phenoxy) is 1. The molecule has 1 aliphatic carbocycles. The lowest BCUT2D eigenvalue weighted by Gasteiger charge is -2.48. The van der Waals surface area contributed by atoms with Gasteiger partial charge in [0, 0.05) is 44.2 Å². The van der Waals surface area contributed by atoms with Gasteiger partial charge in [-0.15, -0.1) is 0 Å². The van der Waals surface area contributed by atoms with Crippen LogP contribution in [0.1, 0.15) is 63.4 Å². The molecule has 1 aromatic rings. The molecule has 0 bridgehead atoms. The van der Waals surface area contributed by atoms with Crippen molar-refractivity contribution in [3.63, 3.8) is 0 Å². The lowest BCUT2D eigenvalue weighted by Crippen LogP contribution is -2.59. The predicted octanol–water partition coefficient (Wildman–Crippen LogP) is 3.72. The molecule has 3 fully saturated rings. The van der Waals surface area contributed by atoms with Crippen LogP contribution >= 0.6 is 0 Å². The summed E-state index contributed by atoms with van der Waals surface area (Å²) in [4.78, 5) is 17.8. The fraction of sp³-hybridized carbons (Fsp3) is 0.720. The summed E-state index contributed by atoms with van der Waals surface area (Å²) in [5.74, 6) is 0.136. The number of carbonyl (C=O) groups excluding carboxylic acids is 1. The largest absolute Gasteiger partial charge is 0.379 e. The fourth-order valence-corrected chi connectivity index (χ4v) is 5.73. The zero-order valence-electron chi connectivity index (χ0n) is 18.8. The van der Waals surface area contributed by atoms with Gasteiger partial charge in [-0.3, -0.25) is 9.69 Å². The number of nitrogens with zero attached hydrogens (tertiary/aromatic N) is 2. The molecule has 1 atom stereocenters. The van der Waals surface area contributed by atoms with E-state index in [1.165, 1.54) is 50.7 Å². The van der Waals surface area contributed by atoms with Crippen molar-refractivity contribution in [1.29, 1.82) is 0 Å². The Labute approximate surface area is 186 Å². The SMILES string of the molecule is O=C1CCC(CCNCc2ccc(F)cc2)N1CC1(N2CCOCC2)CCCCCC1. The average Bonchev–Trinajstić information content (AvgIpc) is 2.99. The zero-order valence-corrected chi connectivity index (χ0v) is 18.8. The van der Waals surface area contributed by atoms with Crippen molar-refractivity contribution in [3.8, 4) is 0 Å². The van der Waals surface area contributed by atoms with Crippen LogP contribution in [0.2, 0.25) is 0 Å². The van der Waals surface area contributed by atoms with Crippen LogP contribution in [-0.2, 0) is 16.1 Å². The number of rotatable bonds is 8. The van der Waals surface area contributed by atoms with Crippen LogP contribution in [0.3, 0.4) is 0 Å². The van der Waals surface area contributed by atoms with Crippen LogP contribution < -0.4 is 5.32 Å². The topological polar surface area (TPSA) is 44.8 Å². The van der Waals surface area contributed by atoms with Gasteiger partial charge < -0.3 is 15.0 Å². The molecule has 2 heterocycles. The van der Waals surface area contributed by atoms with E-state index in [1.54, 1.807) is 0 Å². The Bertz CT molecular complexity index is 697. The molecule has 0 aromatic heterocycles. The molecule has 6 heteroatoms. The molecule has 2 aliphatic heterocycles. The smallest absolute Gasteiger partial charge is 0.222 e. The number of halogens is 1. The third kappa shape index (κ3) is 5.85. The summed E-state index contributed by atoms with van der Waals surface area (Å²) >= 11 is 0. The molecule has 1 unspecified atom stereocenters. The molecule has 172 valence electrons. The number of hydrogen-bond acceptors (Lipinski definition) is 4. The van der Waals surface area contributed by atoms with E-state index in [2.05, 4.69) is 15.1 Å². The van der Waals surface area contributed by atoms with Gasteiger partial charge in [0.05, 0.1) is 13.2 Å². The van der Waals surface area contributed by atoms with E-state index in [-0.39, 0.29) is 11.4 Å². The molecule has 1 amide bonds.